The standard InChI is InChI=1S/C11H12Cl3NO4S/c1-3-15-11(16)6(2)19-7-4-5-8(20(14,17)18)10(13)9(7)12/h4-6H,3H2,1-2H3,(H,15,16). The van der Waals surface area contributed by atoms with Gasteiger partial charge in [0.1, 0.15) is 15.7 Å². The molecule has 0 saturated heterocycles. The lowest BCUT2D eigenvalue weighted by atomic mass is 10.3. The molecule has 0 fully saturated rings. The van der Waals surface area contributed by atoms with E-state index in [0.717, 1.165) is 6.07 Å². The number of ether oxygens (including phenoxy) is 1. The zero-order chi connectivity index (χ0) is 15.5. The fourth-order valence-corrected chi connectivity index (χ4v) is 3.13. The van der Waals surface area contributed by atoms with Crippen molar-refractivity contribution >= 4 is 48.8 Å². The molecule has 0 radical (unpaired) electrons. The molecule has 1 rings (SSSR count). The van der Waals surface area contributed by atoms with Crippen LogP contribution >= 0.6 is 33.9 Å². The van der Waals surface area contributed by atoms with Crippen LogP contribution in [0.3, 0.4) is 0 Å². The summed E-state index contributed by atoms with van der Waals surface area (Å²) >= 11 is 11.7. The van der Waals surface area contributed by atoms with Crippen LogP contribution in [0.2, 0.25) is 10.0 Å². The van der Waals surface area contributed by atoms with E-state index in [1.165, 1.54) is 13.0 Å². The number of likely N-dealkylation sites (N-methyl/N-ethyl adjacent to an activating group) is 1. The lowest BCUT2D eigenvalue weighted by molar-refractivity contribution is -0.127. The average Bonchev–Trinajstić information content (AvgIpc) is 2.33. The minimum absolute atomic E-state index is 0.0967. The number of nitrogens with one attached hydrogen (secondary N) is 1. The molecular weight excluding hydrogens is 349 g/mol. The van der Waals surface area contributed by atoms with Crippen LogP contribution in [0.1, 0.15) is 13.8 Å². The largest absolute Gasteiger partial charge is 0.479 e. The summed E-state index contributed by atoms with van der Waals surface area (Å²) in [7, 11) is 1.20. The van der Waals surface area contributed by atoms with Crippen LogP contribution in [0, 0.1) is 0 Å². The van der Waals surface area contributed by atoms with Crippen molar-refractivity contribution in [3.63, 3.8) is 0 Å². The van der Waals surface area contributed by atoms with E-state index < -0.39 is 15.2 Å². The Morgan fingerprint density at radius 1 is 1.35 bits per heavy atom. The topological polar surface area (TPSA) is 72.5 Å². The van der Waals surface area contributed by atoms with E-state index in [2.05, 4.69) is 5.32 Å². The van der Waals surface area contributed by atoms with Crippen molar-refractivity contribution < 1.29 is 17.9 Å². The Balaban J connectivity index is 3.06. The molecule has 20 heavy (non-hydrogen) atoms. The molecule has 0 spiro atoms. The van der Waals surface area contributed by atoms with E-state index in [9.17, 15) is 13.2 Å². The minimum atomic E-state index is -4.01. The van der Waals surface area contributed by atoms with Crippen molar-refractivity contribution in [2.45, 2.75) is 24.8 Å². The summed E-state index contributed by atoms with van der Waals surface area (Å²) < 4.78 is 27.8. The fraction of sp³-hybridized carbons (Fsp3) is 0.364. The maximum Gasteiger partial charge on any atom is 0.262 e. The van der Waals surface area contributed by atoms with E-state index in [0.29, 0.717) is 6.54 Å². The Bertz CT molecular complexity index is 618. The van der Waals surface area contributed by atoms with Crippen LogP contribution in [-0.4, -0.2) is 27.0 Å². The molecule has 1 N–H and O–H groups in total. The number of halogens is 3. The van der Waals surface area contributed by atoms with Gasteiger partial charge in [0.05, 0.1) is 5.02 Å². The van der Waals surface area contributed by atoms with Gasteiger partial charge in [-0.15, -0.1) is 0 Å². The molecule has 1 unspecified atom stereocenters. The van der Waals surface area contributed by atoms with Gasteiger partial charge in [-0.3, -0.25) is 4.79 Å². The minimum Gasteiger partial charge on any atom is -0.479 e. The van der Waals surface area contributed by atoms with Crippen LogP contribution < -0.4 is 10.1 Å². The molecule has 0 saturated carbocycles. The summed E-state index contributed by atoms with van der Waals surface area (Å²) in [6.45, 7) is 3.76. The van der Waals surface area contributed by atoms with Gasteiger partial charge >= 0.3 is 0 Å². The van der Waals surface area contributed by atoms with E-state index in [4.69, 9.17) is 38.6 Å². The summed E-state index contributed by atoms with van der Waals surface area (Å²) in [5.41, 5.74) is 0. The summed E-state index contributed by atoms with van der Waals surface area (Å²) in [6, 6.07) is 2.45. The Morgan fingerprint density at radius 3 is 2.45 bits per heavy atom. The lowest BCUT2D eigenvalue weighted by Gasteiger charge is -2.16. The molecule has 1 aromatic carbocycles. The molecule has 1 atom stereocenters. The van der Waals surface area contributed by atoms with Crippen LogP contribution in [0.25, 0.3) is 0 Å². The van der Waals surface area contributed by atoms with Crippen LogP contribution in [0.15, 0.2) is 17.0 Å². The highest BCUT2D eigenvalue weighted by Crippen LogP contribution is 2.38. The molecule has 1 amide bonds. The maximum absolute atomic E-state index is 11.5. The number of hydrogen-bond acceptors (Lipinski definition) is 4. The third-order valence-electron chi connectivity index (χ3n) is 2.30. The summed E-state index contributed by atoms with van der Waals surface area (Å²) in [5.74, 6) is -0.229. The molecule has 0 bridgehead atoms. The van der Waals surface area contributed by atoms with Gasteiger partial charge in [0, 0.05) is 17.2 Å². The van der Waals surface area contributed by atoms with Crippen LogP contribution in [0.5, 0.6) is 5.75 Å². The first-order valence-corrected chi connectivity index (χ1v) is 8.62. The van der Waals surface area contributed by atoms with Crippen molar-refractivity contribution in [3.8, 4) is 5.75 Å². The van der Waals surface area contributed by atoms with Gasteiger partial charge < -0.3 is 10.1 Å². The molecule has 0 aliphatic rings. The molecule has 9 heteroatoms. The second-order valence-electron chi connectivity index (χ2n) is 3.78. The number of carbonyl (C=O) groups is 1. The Labute approximate surface area is 131 Å². The number of benzene rings is 1. The van der Waals surface area contributed by atoms with Crippen molar-refractivity contribution in [1.29, 1.82) is 0 Å². The van der Waals surface area contributed by atoms with Gasteiger partial charge in [-0.1, -0.05) is 23.2 Å². The lowest BCUT2D eigenvalue weighted by Crippen LogP contribution is -2.36. The maximum atomic E-state index is 11.5. The Morgan fingerprint density at radius 2 is 1.95 bits per heavy atom. The van der Waals surface area contributed by atoms with Gasteiger partial charge in [0.25, 0.3) is 15.0 Å². The van der Waals surface area contributed by atoms with E-state index in [1.54, 1.807) is 6.92 Å². The highest BCUT2D eigenvalue weighted by atomic mass is 35.7. The first-order chi connectivity index (χ1) is 9.18. The van der Waals surface area contributed by atoms with Crippen molar-refractivity contribution in [3.05, 3.63) is 22.2 Å². The first kappa shape index (κ1) is 17.4. The molecule has 0 aliphatic carbocycles. The van der Waals surface area contributed by atoms with Crippen molar-refractivity contribution in [2.24, 2.45) is 0 Å². The van der Waals surface area contributed by atoms with Gasteiger partial charge in [-0.2, -0.15) is 0 Å². The van der Waals surface area contributed by atoms with Gasteiger partial charge in [0.2, 0.25) is 0 Å². The van der Waals surface area contributed by atoms with Crippen LogP contribution in [-0.2, 0) is 13.8 Å². The molecule has 5 nitrogen and oxygen atoms in total. The normalized spacial score (nSPS) is 12.8. The number of rotatable bonds is 5. The van der Waals surface area contributed by atoms with Gasteiger partial charge in [-0.05, 0) is 26.0 Å². The summed E-state index contributed by atoms with van der Waals surface area (Å²) in [4.78, 5) is 11.2. The number of amides is 1. The monoisotopic (exact) mass is 359 g/mol. The second kappa shape index (κ2) is 6.85. The SMILES string of the molecule is CCNC(=O)C(C)Oc1ccc(S(=O)(=O)Cl)c(Cl)c1Cl. The smallest absolute Gasteiger partial charge is 0.262 e. The molecule has 1 aromatic rings. The van der Waals surface area contributed by atoms with Crippen molar-refractivity contribution in [1.82, 2.24) is 5.32 Å². The highest BCUT2D eigenvalue weighted by Gasteiger charge is 2.22. The third-order valence-corrected chi connectivity index (χ3v) is 4.64. The van der Waals surface area contributed by atoms with Crippen molar-refractivity contribution in [2.75, 3.05) is 6.54 Å². The number of carbonyl (C=O) groups excluding carboxylic acids is 1. The van der Waals surface area contributed by atoms with E-state index in [-0.39, 0.29) is 26.6 Å². The first-order valence-electron chi connectivity index (χ1n) is 5.55. The zero-order valence-electron chi connectivity index (χ0n) is 10.6. The molecule has 112 valence electrons. The predicted octanol–water partition coefficient (Wildman–Crippen LogP) is 2.82. The van der Waals surface area contributed by atoms with Gasteiger partial charge in [-0.25, -0.2) is 8.42 Å². The molecular formula is C11H12Cl3NO4S. The second-order valence-corrected chi connectivity index (χ2v) is 7.07. The van der Waals surface area contributed by atoms with Gasteiger partial charge in [0.15, 0.2) is 6.10 Å². The highest BCUT2D eigenvalue weighted by molar-refractivity contribution is 8.13. The summed E-state index contributed by atoms with van der Waals surface area (Å²) in [5, 5.41) is 2.21. The third kappa shape index (κ3) is 4.15. The number of hydrogen-bond donors (Lipinski definition) is 1. The predicted molar refractivity (Wildman–Crippen MR) is 78.3 cm³/mol. The van der Waals surface area contributed by atoms with E-state index in [1.807, 2.05) is 0 Å². The molecule has 0 aromatic heterocycles. The van der Waals surface area contributed by atoms with E-state index >= 15 is 0 Å². The zero-order valence-corrected chi connectivity index (χ0v) is 13.7. The fourth-order valence-electron chi connectivity index (χ4n) is 1.36. The Hall–Kier alpha value is -0.690. The van der Waals surface area contributed by atoms with Crippen LogP contribution in [0.4, 0.5) is 0 Å². The molecule has 0 aliphatic heterocycles. The quantitative estimate of drug-likeness (QED) is 0.820. The summed E-state index contributed by atoms with van der Waals surface area (Å²) in [6.07, 6.45) is -0.804. The molecule has 0 heterocycles. The average molecular weight is 361 g/mol. The Kier molecular flexibility index (Phi) is 5.94.